The van der Waals surface area contributed by atoms with E-state index in [1.807, 2.05) is 0 Å². The molecule has 2 aromatic carbocycles. The van der Waals surface area contributed by atoms with E-state index in [0.717, 1.165) is 11.8 Å². The lowest BCUT2D eigenvalue weighted by molar-refractivity contribution is -0.133. The van der Waals surface area contributed by atoms with E-state index < -0.39 is 28.3 Å². The second kappa shape index (κ2) is 8.33. The summed E-state index contributed by atoms with van der Waals surface area (Å²) in [6.07, 6.45) is 1.00. The number of esters is 1. The molecule has 26 heavy (non-hydrogen) atoms. The fourth-order valence-corrected chi connectivity index (χ4v) is 3.23. The highest BCUT2D eigenvalue weighted by Gasteiger charge is 2.20. The molecule has 0 N–H and O–H groups in total. The van der Waals surface area contributed by atoms with Gasteiger partial charge in [0.2, 0.25) is 0 Å². The van der Waals surface area contributed by atoms with Crippen molar-refractivity contribution in [2.45, 2.75) is 11.4 Å². The fourth-order valence-electron chi connectivity index (χ4n) is 2.23. The van der Waals surface area contributed by atoms with Crippen LogP contribution in [0, 0.1) is 0 Å². The number of nitrogens with zero attached hydrogens (tertiary/aromatic N) is 1. The second-order valence-corrected chi connectivity index (χ2v) is 8.14. The normalized spacial score (nSPS) is 11.0. The van der Waals surface area contributed by atoms with Gasteiger partial charge in [0.1, 0.15) is 0 Å². The van der Waals surface area contributed by atoms with Gasteiger partial charge in [-0.2, -0.15) is 0 Å². The van der Waals surface area contributed by atoms with Gasteiger partial charge in [0, 0.05) is 24.9 Å². The summed E-state index contributed by atoms with van der Waals surface area (Å²) in [7, 11) is -2.01. The highest BCUT2D eigenvalue weighted by molar-refractivity contribution is 7.90. The molecule has 0 atom stereocenters. The van der Waals surface area contributed by atoms with Gasteiger partial charge in [-0.15, -0.1) is 0 Å². The molecule has 0 saturated carbocycles. The lowest BCUT2D eigenvalue weighted by Gasteiger charge is -2.17. The first-order chi connectivity index (χ1) is 12.2. The van der Waals surface area contributed by atoms with Gasteiger partial charge in [-0.25, -0.2) is 13.2 Å². The number of amides is 1. The van der Waals surface area contributed by atoms with Crippen LogP contribution in [0.25, 0.3) is 0 Å². The number of hydrogen-bond acceptors (Lipinski definition) is 5. The minimum Gasteiger partial charge on any atom is -0.452 e. The Labute approximate surface area is 157 Å². The molecule has 0 aliphatic heterocycles. The molecule has 0 aliphatic rings. The molecule has 0 saturated heterocycles. The summed E-state index contributed by atoms with van der Waals surface area (Å²) in [6, 6.07) is 12.7. The summed E-state index contributed by atoms with van der Waals surface area (Å²) >= 11 is 5.82. The minimum absolute atomic E-state index is 0.0943. The first kappa shape index (κ1) is 19.9. The maximum atomic E-state index is 12.2. The molecule has 0 aliphatic carbocycles. The predicted octanol–water partition coefficient (Wildman–Crippen LogP) is 2.56. The highest BCUT2D eigenvalue weighted by Crippen LogP contribution is 2.16. The fraction of sp³-hybridized carbons (Fsp3) is 0.222. The van der Waals surface area contributed by atoms with Crippen LogP contribution in [-0.4, -0.2) is 45.1 Å². The molecule has 0 fully saturated rings. The number of benzene rings is 2. The topological polar surface area (TPSA) is 80.8 Å². The third kappa shape index (κ3) is 5.31. The molecule has 138 valence electrons. The van der Waals surface area contributed by atoms with Gasteiger partial charge in [0.25, 0.3) is 5.91 Å². The number of ether oxygens (including phenoxy) is 1. The number of carbonyl (C=O) groups is 2. The maximum Gasteiger partial charge on any atom is 0.339 e. The predicted molar refractivity (Wildman–Crippen MR) is 97.8 cm³/mol. The molecule has 6 nitrogen and oxygen atoms in total. The monoisotopic (exact) mass is 395 g/mol. The van der Waals surface area contributed by atoms with Gasteiger partial charge in [0.15, 0.2) is 16.4 Å². The van der Waals surface area contributed by atoms with Crippen LogP contribution in [-0.2, 0) is 25.9 Å². The van der Waals surface area contributed by atoms with E-state index in [-0.39, 0.29) is 10.5 Å². The van der Waals surface area contributed by atoms with Crippen LogP contribution in [0.4, 0.5) is 0 Å². The first-order valence-corrected chi connectivity index (χ1v) is 9.90. The van der Waals surface area contributed by atoms with E-state index in [2.05, 4.69) is 0 Å². The Morgan fingerprint density at radius 3 is 2.31 bits per heavy atom. The van der Waals surface area contributed by atoms with Crippen LogP contribution >= 0.6 is 11.6 Å². The number of likely N-dealkylation sites (N-methyl/N-ethyl adjacent to an activating group) is 1. The van der Waals surface area contributed by atoms with Crippen LogP contribution in [0.5, 0.6) is 0 Å². The average Bonchev–Trinajstić information content (AvgIpc) is 2.60. The van der Waals surface area contributed by atoms with Crippen molar-refractivity contribution < 1.29 is 22.7 Å². The van der Waals surface area contributed by atoms with Crippen LogP contribution in [0.15, 0.2) is 53.4 Å². The Balaban J connectivity index is 1.99. The molecular weight excluding hydrogens is 378 g/mol. The zero-order valence-electron chi connectivity index (χ0n) is 14.3. The summed E-state index contributed by atoms with van der Waals surface area (Å²) in [6.45, 7) is -0.158. The van der Waals surface area contributed by atoms with Crippen LogP contribution < -0.4 is 0 Å². The molecule has 0 heterocycles. The number of rotatable bonds is 6. The molecule has 1 amide bonds. The average molecular weight is 396 g/mol. The Kier molecular flexibility index (Phi) is 6.39. The van der Waals surface area contributed by atoms with E-state index in [4.69, 9.17) is 16.3 Å². The Morgan fingerprint density at radius 1 is 1.08 bits per heavy atom. The number of carbonyl (C=O) groups excluding carboxylic acids is 2. The van der Waals surface area contributed by atoms with E-state index >= 15 is 0 Å². The van der Waals surface area contributed by atoms with Gasteiger partial charge in [-0.05, 0) is 29.8 Å². The smallest absolute Gasteiger partial charge is 0.339 e. The Hall–Kier alpha value is -2.38. The standard InChI is InChI=1S/C18H18ClNO5S/c1-20(11-13-7-9-14(19)10-8-13)17(21)12-25-18(22)15-5-3-4-6-16(15)26(2,23)24/h3-10H,11-12H2,1-2H3. The number of sulfone groups is 1. The first-order valence-electron chi connectivity index (χ1n) is 7.63. The van der Waals surface area contributed by atoms with Crippen LogP contribution in [0.3, 0.4) is 0 Å². The summed E-state index contributed by atoms with van der Waals surface area (Å²) < 4.78 is 28.5. The highest BCUT2D eigenvalue weighted by atomic mass is 35.5. The largest absolute Gasteiger partial charge is 0.452 e. The van der Waals surface area contributed by atoms with Gasteiger partial charge in [-0.1, -0.05) is 35.9 Å². The summed E-state index contributed by atoms with van der Waals surface area (Å²) in [5.74, 6) is -1.27. The van der Waals surface area contributed by atoms with Crippen molar-refractivity contribution in [3.8, 4) is 0 Å². The van der Waals surface area contributed by atoms with Crippen molar-refractivity contribution in [1.29, 1.82) is 0 Å². The summed E-state index contributed by atoms with van der Waals surface area (Å²) in [5, 5.41) is 0.598. The van der Waals surface area contributed by atoms with Crippen molar-refractivity contribution in [3.63, 3.8) is 0 Å². The van der Waals surface area contributed by atoms with Crippen molar-refractivity contribution >= 4 is 33.3 Å². The third-order valence-electron chi connectivity index (χ3n) is 3.59. The van der Waals surface area contributed by atoms with Gasteiger partial charge < -0.3 is 9.64 Å². The van der Waals surface area contributed by atoms with Crippen molar-refractivity contribution in [2.24, 2.45) is 0 Å². The third-order valence-corrected chi connectivity index (χ3v) is 5.00. The van der Waals surface area contributed by atoms with E-state index in [9.17, 15) is 18.0 Å². The molecule has 8 heteroatoms. The van der Waals surface area contributed by atoms with Gasteiger partial charge in [0.05, 0.1) is 10.5 Å². The molecule has 2 aromatic rings. The van der Waals surface area contributed by atoms with E-state index in [0.29, 0.717) is 11.6 Å². The van der Waals surface area contributed by atoms with Gasteiger partial charge in [-0.3, -0.25) is 4.79 Å². The van der Waals surface area contributed by atoms with Crippen LogP contribution in [0.2, 0.25) is 5.02 Å². The number of hydrogen-bond donors (Lipinski definition) is 0. The maximum absolute atomic E-state index is 12.2. The van der Waals surface area contributed by atoms with Crippen LogP contribution in [0.1, 0.15) is 15.9 Å². The Bertz CT molecular complexity index is 909. The number of halogens is 1. The molecule has 0 radical (unpaired) electrons. The molecular formula is C18H18ClNO5S. The van der Waals surface area contributed by atoms with Gasteiger partial charge >= 0.3 is 5.97 Å². The summed E-state index contributed by atoms with van der Waals surface area (Å²) in [4.78, 5) is 25.6. The quantitative estimate of drug-likeness (QED) is 0.702. The van der Waals surface area contributed by atoms with E-state index in [1.165, 1.54) is 29.2 Å². The van der Waals surface area contributed by atoms with E-state index in [1.54, 1.807) is 31.3 Å². The Morgan fingerprint density at radius 2 is 1.69 bits per heavy atom. The lowest BCUT2D eigenvalue weighted by Crippen LogP contribution is -2.31. The lowest BCUT2D eigenvalue weighted by atomic mass is 10.2. The SMILES string of the molecule is CN(Cc1ccc(Cl)cc1)C(=O)COC(=O)c1ccccc1S(C)(=O)=O. The molecule has 0 bridgehead atoms. The zero-order chi connectivity index (χ0) is 19.3. The molecule has 2 rings (SSSR count). The van der Waals surface area contributed by atoms with Crippen molar-refractivity contribution in [1.82, 2.24) is 4.90 Å². The van der Waals surface area contributed by atoms with Crippen molar-refractivity contribution in [3.05, 3.63) is 64.7 Å². The second-order valence-electron chi connectivity index (χ2n) is 5.72. The molecule has 0 unspecified atom stereocenters. The molecule has 0 aromatic heterocycles. The molecule has 0 spiro atoms. The minimum atomic E-state index is -3.58. The zero-order valence-corrected chi connectivity index (χ0v) is 15.9. The van der Waals surface area contributed by atoms with Crippen molar-refractivity contribution in [2.75, 3.05) is 19.9 Å². The summed E-state index contributed by atoms with van der Waals surface area (Å²) in [5.41, 5.74) is 0.780.